The fourth-order valence-corrected chi connectivity index (χ4v) is 3.97. The van der Waals surface area contributed by atoms with Gasteiger partial charge in [0.05, 0.1) is 0 Å². The average molecular weight is 421 g/mol. The van der Waals surface area contributed by atoms with E-state index >= 15 is 0 Å². The summed E-state index contributed by atoms with van der Waals surface area (Å²) in [5.74, 6) is 0.475. The van der Waals surface area contributed by atoms with E-state index in [-0.39, 0.29) is 5.91 Å². The number of nitrogens with one attached hydrogen (secondary N) is 1. The summed E-state index contributed by atoms with van der Waals surface area (Å²) in [6.45, 7) is 8.84. The second-order valence-electron chi connectivity index (χ2n) is 7.63. The van der Waals surface area contributed by atoms with E-state index in [1.54, 1.807) is 0 Å². The van der Waals surface area contributed by atoms with Gasteiger partial charge in [-0.3, -0.25) is 4.79 Å². The zero-order chi connectivity index (χ0) is 22.8. The zero-order valence-corrected chi connectivity index (χ0v) is 19.3. The van der Waals surface area contributed by atoms with Gasteiger partial charge in [-0.05, 0) is 54.2 Å². The molecule has 1 aliphatic heterocycles. The van der Waals surface area contributed by atoms with E-state index in [2.05, 4.69) is 24.0 Å². The Balaban J connectivity index is 0.00000166. The van der Waals surface area contributed by atoms with Gasteiger partial charge in [0.1, 0.15) is 0 Å². The first-order valence-corrected chi connectivity index (χ1v) is 11.2. The zero-order valence-electron chi connectivity index (χ0n) is 19.3. The average Bonchev–Trinajstić information content (AvgIpc) is 3.22. The number of allylic oxidation sites excluding steroid dienone is 1. The molecule has 1 aliphatic rings. The Bertz CT molecular complexity index is 892. The van der Waals surface area contributed by atoms with E-state index in [0.29, 0.717) is 5.92 Å². The Morgan fingerprint density at radius 1 is 1.19 bits per heavy atom. The molecule has 0 spiro atoms. The third-order valence-corrected chi connectivity index (χ3v) is 5.70. The van der Waals surface area contributed by atoms with Crippen molar-refractivity contribution in [3.63, 3.8) is 0 Å². The number of nitrogens with two attached hydrogens (primary N) is 1. The number of fused-ring (bicyclic) bond motifs is 1. The highest BCUT2D eigenvalue weighted by atomic mass is 16.2. The second-order valence-corrected chi connectivity index (χ2v) is 7.63. The molecule has 31 heavy (non-hydrogen) atoms. The predicted octanol–water partition coefficient (Wildman–Crippen LogP) is 4.82. The lowest BCUT2D eigenvalue weighted by atomic mass is 10.0. The first-order valence-electron chi connectivity index (χ1n) is 11.2. The molecule has 2 aromatic carbocycles. The van der Waals surface area contributed by atoms with Gasteiger partial charge in [0.25, 0.3) is 5.91 Å². The Morgan fingerprint density at radius 3 is 2.52 bits per heavy atom. The Hall–Kier alpha value is -3.08. The van der Waals surface area contributed by atoms with Crippen LogP contribution in [0.2, 0.25) is 0 Å². The lowest BCUT2D eigenvalue weighted by Gasteiger charge is -2.29. The molecule has 5 nitrogen and oxygen atoms in total. The molecule has 166 valence electrons. The van der Waals surface area contributed by atoms with Gasteiger partial charge in [0.15, 0.2) is 0 Å². The molecule has 0 saturated carbocycles. The number of anilines is 1. The molecule has 0 aliphatic carbocycles. The number of amides is 1. The Morgan fingerprint density at radius 2 is 1.90 bits per heavy atom. The van der Waals surface area contributed by atoms with Crippen molar-refractivity contribution in [2.75, 3.05) is 31.6 Å². The third-order valence-electron chi connectivity index (χ3n) is 5.70. The smallest absolute Gasteiger partial charge is 0.253 e. The van der Waals surface area contributed by atoms with Crippen molar-refractivity contribution in [2.45, 2.75) is 33.6 Å². The van der Waals surface area contributed by atoms with Crippen molar-refractivity contribution in [1.29, 1.82) is 5.41 Å². The molecular weight excluding hydrogens is 384 g/mol. The minimum atomic E-state index is 0.0725. The molecule has 5 heteroatoms. The largest absolute Gasteiger partial charge is 0.404 e. The summed E-state index contributed by atoms with van der Waals surface area (Å²) in [5, 5.41) is 7.50. The van der Waals surface area contributed by atoms with E-state index in [9.17, 15) is 4.79 Å². The summed E-state index contributed by atoms with van der Waals surface area (Å²) < 4.78 is 0. The highest BCUT2D eigenvalue weighted by Crippen LogP contribution is 2.31. The van der Waals surface area contributed by atoms with E-state index in [0.717, 1.165) is 49.2 Å². The van der Waals surface area contributed by atoms with Crippen LogP contribution in [0.1, 0.15) is 48.7 Å². The van der Waals surface area contributed by atoms with Gasteiger partial charge in [0.2, 0.25) is 0 Å². The molecule has 1 heterocycles. The summed E-state index contributed by atoms with van der Waals surface area (Å²) in [5.41, 5.74) is 10.6. The van der Waals surface area contributed by atoms with Crippen LogP contribution in [0, 0.1) is 11.3 Å². The summed E-state index contributed by atoms with van der Waals surface area (Å²) in [6, 6.07) is 15.8. The number of carbonyl (C=O) groups is 1. The maximum absolute atomic E-state index is 12.7. The fraction of sp³-hybridized carbons (Fsp3) is 0.385. The van der Waals surface area contributed by atoms with Crippen LogP contribution >= 0.6 is 0 Å². The number of carbonyl (C=O) groups excluding carboxylic acids is 1. The molecule has 0 bridgehead atoms. The molecule has 1 atom stereocenters. The first kappa shape index (κ1) is 24.2. The van der Waals surface area contributed by atoms with Crippen LogP contribution in [0.3, 0.4) is 0 Å². The van der Waals surface area contributed by atoms with Crippen molar-refractivity contribution >= 4 is 23.4 Å². The van der Waals surface area contributed by atoms with Crippen molar-refractivity contribution in [2.24, 2.45) is 11.7 Å². The molecule has 0 radical (unpaired) electrons. The number of benzene rings is 2. The second kappa shape index (κ2) is 11.9. The van der Waals surface area contributed by atoms with Crippen LogP contribution in [0.15, 0.2) is 54.7 Å². The summed E-state index contributed by atoms with van der Waals surface area (Å²) in [6.07, 6.45) is 4.79. The molecule has 1 unspecified atom stereocenters. The molecule has 1 amide bonds. The number of hydrogen-bond donors (Lipinski definition) is 2. The first-order chi connectivity index (χ1) is 15.1. The number of rotatable bonds is 8. The van der Waals surface area contributed by atoms with Crippen LogP contribution in [0.5, 0.6) is 0 Å². The standard InChI is InChI=1S/C24H30N4O.C2H6/c1-3-18(16-27(2)24(29)19-7-5-4-6-8-19)17-28-12-11-21-13-20(9-10-23(21)28)22(14-25)15-26;1-2/h4-10,13-15,18,25H,3,11-12,16-17,26H2,1-2H3;1-2H3/b22-15+,25-14?;. The van der Waals surface area contributed by atoms with E-state index in [1.165, 1.54) is 23.7 Å². The maximum atomic E-state index is 12.7. The number of hydrogen-bond acceptors (Lipinski definition) is 4. The fourth-order valence-electron chi connectivity index (χ4n) is 3.97. The Kier molecular flexibility index (Phi) is 9.32. The van der Waals surface area contributed by atoms with Crippen LogP contribution in [0.4, 0.5) is 5.69 Å². The predicted molar refractivity (Wildman–Crippen MR) is 132 cm³/mol. The van der Waals surface area contributed by atoms with E-state index in [1.807, 2.05) is 62.2 Å². The van der Waals surface area contributed by atoms with Crippen molar-refractivity contribution in [3.05, 3.63) is 71.4 Å². The maximum Gasteiger partial charge on any atom is 0.253 e. The SMILES string of the molecule is CC.CCC(CN(C)C(=O)c1ccccc1)CN1CCc2cc(/C(C=N)=C/N)ccc21. The molecule has 2 aromatic rings. The Labute approximate surface area is 187 Å². The molecule has 0 saturated heterocycles. The third kappa shape index (κ3) is 5.97. The summed E-state index contributed by atoms with van der Waals surface area (Å²) in [7, 11) is 1.89. The van der Waals surface area contributed by atoms with E-state index < -0.39 is 0 Å². The minimum Gasteiger partial charge on any atom is -0.404 e. The quantitative estimate of drug-likeness (QED) is 0.601. The summed E-state index contributed by atoms with van der Waals surface area (Å²) in [4.78, 5) is 16.9. The topological polar surface area (TPSA) is 73.4 Å². The minimum absolute atomic E-state index is 0.0725. The normalized spacial score (nSPS) is 13.7. The lowest BCUT2D eigenvalue weighted by molar-refractivity contribution is 0.0772. The highest BCUT2D eigenvalue weighted by molar-refractivity contribution is 6.08. The van der Waals surface area contributed by atoms with E-state index in [4.69, 9.17) is 11.1 Å². The molecule has 0 aromatic heterocycles. The molecule has 0 fully saturated rings. The molecular formula is C26H36N4O. The van der Waals surface area contributed by atoms with Crippen molar-refractivity contribution in [3.8, 4) is 0 Å². The number of nitrogens with zero attached hydrogens (tertiary/aromatic N) is 2. The molecule has 3 rings (SSSR count). The monoisotopic (exact) mass is 420 g/mol. The van der Waals surface area contributed by atoms with Crippen LogP contribution < -0.4 is 10.6 Å². The lowest BCUT2D eigenvalue weighted by Crippen LogP contribution is -2.37. The van der Waals surface area contributed by atoms with Gasteiger partial charge in [0, 0.05) is 55.9 Å². The van der Waals surface area contributed by atoms with Crippen molar-refractivity contribution < 1.29 is 4.79 Å². The highest BCUT2D eigenvalue weighted by Gasteiger charge is 2.24. The van der Waals surface area contributed by atoms with Gasteiger partial charge in [-0.25, -0.2) is 0 Å². The van der Waals surface area contributed by atoms with Gasteiger partial charge < -0.3 is 20.9 Å². The van der Waals surface area contributed by atoms with Crippen LogP contribution in [-0.2, 0) is 6.42 Å². The van der Waals surface area contributed by atoms with Gasteiger partial charge >= 0.3 is 0 Å². The van der Waals surface area contributed by atoms with Crippen LogP contribution in [0.25, 0.3) is 5.57 Å². The van der Waals surface area contributed by atoms with Gasteiger partial charge in [-0.2, -0.15) is 0 Å². The summed E-state index contributed by atoms with van der Waals surface area (Å²) >= 11 is 0. The van der Waals surface area contributed by atoms with Gasteiger partial charge in [-0.1, -0.05) is 45.0 Å². The van der Waals surface area contributed by atoms with Crippen LogP contribution in [-0.4, -0.2) is 43.7 Å². The van der Waals surface area contributed by atoms with Gasteiger partial charge in [-0.15, -0.1) is 0 Å². The molecule has 3 N–H and O–H groups in total. The van der Waals surface area contributed by atoms with Crippen molar-refractivity contribution in [1.82, 2.24) is 4.90 Å².